The van der Waals surface area contributed by atoms with Crippen molar-refractivity contribution in [1.82, 2.24) is 9.88 Å². The predicted octanol–water partition coefficient (Wildman–Crippen LogP) is 4.26. The first-order valence-corrected chi connectivity index (χ1v) is 7.87. The Balaban J connectivity index is 2.11. The van der Waals surface area contributed by atoms with Crippen LogP contribution >= 0.6 is 15.9 Å². The number of carbonyl (C=O) groups is 1. The van der Waals surface area contributed by atoms with Crippen molar-refractivity contribution >= 4 is 27.6 Å². The zero-order valence-corrected chi connectivity index (χ0v) is 14.5. The number of pyridine rings is 1. The van der Waals surface area contributed by atoms with Crippen LogP contribution in [0.25, 0.3) is 5.57 Å². The monoisotopic (exact) mass is 352 g/mol. The minimum atomic E-state index is -0.466. The van der Waals surface area contributed by atoms with E-state index in [2.05, 4.69) is 27.0 Å². The molecule has 0 saturated heterocycles. The first kappa shape index (κ1) is 16.0. The molecule has 0 aromatic carbocycles. The second kappa shape index (κ2) is 6.18. The summed E-state index contributed by atoms with van der Waals surface area (Å²) in [4.78, 5) is 18.4. The summed E-state index contributed by atoms with van der Waals surface area (Å²) in [6, 6.07) is 5.97. The molecule has 1 atom stereocenters. The molecular weight excluding hydrogens is 332 g/mol. The van der Waals surface area contributed by atoms with Crippen molar-refractivity contribution < 1.29 is 9.53 Å². The third-order valence-electron chi connectivity index (χ3n) is 3.25. The van der Waals surface area contributed by atoms with Crippen molar-refractivity contribution in [3.05, 3.63) is 34.6 Å². The van der Waals surface area contributed by atoms with Gasteiger partial charge >= 0.3 is 6.09 Å². The van der Waals surface area contributed by atoms with Gasteiger partial charge in [-0.2, -0.15) is 0 Å². The average molecular weight is 353 g/mol. The Kier molecular flexibility index (Phi) is 4.71. The molecule has 0 radical (unpaired) electrons. The van der Waals surface area contributed by atoms with Crippen molar-refractivity contribution in [1.29, 1.82) is 0 Å². The molecule has 1 amide bonds. The Hall–Kier alpha value is -1.36. The van der Waals surface area contributed by atoms with Crippen molar-refractivity contribution in [2.45, 2.75) is 45.8 Å². The normalized spacial score (nSPS) is 19.2. The molecule has 0 fully saturated rings. The van der Waals surface area contributed by atoms with E-state index in [4.69, 9.17) is 4.74 Å². The molecule has 5 heteroatoms. The second-order valence-corrected chi connectivity index (χ2v) is 7.07. The molecule has 0 bridgehead atoms. The molecule has 2 rings (SSSR count). The summed E-state index contributed by atoms with van der Waals surface area (Å²) in [6.07, 6.45) is 2.58. The summed E-state index contributed by atoms with van der Waals surface area (Å²) in [5, 5.41) is 0. The fourth-order valence-corrected chi connectivity index (χ4v) is 2.62. The van der Waals surface area contributed by atoms with Crippen LogP contribution in [0.1, 0.15) is 39.8 Å². The van der Waals surface area contributed by atoms with Crippen LogP contribution in [0.3, 0.4) is 0 Å². The van der Waals surface area contributed by atoms with Gasteiger partial charge in [0.05, 0.1) is 5.69 Å². The molecular formula is C16H21BrN2O2. The summed E-state index contributed by atoms with van der Waals surface area (Å²) in [5.74, 6) is 0. The molecule has 0 aliphatic carbocycles. The molecule has 0 N–H and O–H groups in total. The van der Waals surface area contributed by atoms with Gasteiger partial charge in [0.25, 0.3) is 0 Å². The first-order chi connectivity index (χ1) is 9.76. The van der Waals surface area contributed by atoms with Gasteiger partial charge in [-0.05, 0) is 67.8 Å². The summed E-state index contributed by atoms with van der Waals surface area (Å²) in [5.41, 5.74) is 1.66. The number of hydrogen-bond donors (Lipinski definition) is 0. The molecule has 0 saturated carbocycles. The van der Waals surface area contributed by atoms with Gasteiger partial charge in [0, 0.05) is 12.6 Å². The molecule has 1 aromatic rings. The lowest BCUT2D eigenvalue weighted by atomic mass is 9.98. The fourth-order valence-electron chi connectivity index (χ4n) is 2.27. The maximum Gasteiger partial charge on any atom is 0.410 e. The predicted molar refractivity (Wildman–Crippen MR) is 86.9 cm³/mol. The van der Waals surface area contributed by atoms with Gasteiger partial charge in [0.1, 0.15) is 10.2 Å². The lowest BCUT2D eigenvalue weighted by molar-refractivity contribution is 0.0198. The van der Waals surface area contributed by atoms with Crippen LogP contribution in [0.4, 0.5) is 4.79 Å². The van der Waals surface area contributed by atoms with Crippen LogP contribution in [-0.2, 0) is 4.74 Å². The maximum atomic E-state index is 12.2. The molecule has 1 aliphatic rings. The minimum Gasteiger partial charge on any atom is -0.444 e. The van der Waals surface area contributed by atoms with E-state index in [0.29, 0.717) is 6.54 Å². The number of ether oxygens (including phenoxy) is 1. The van der Waals surface area contributed by atoms with E-state index >= 15 is 0 Å². The van der Waals surface area contributed by atoms with E-state index in [1.165, 1.54) is 5.57 Å². The van der Waals surface area contributed by atoms with E-state index in [1.807, 2.05) is 45.9 Å². The lowest BCUT2D eigenvalue weighted by Gasteiger charge is -2.34. The van der Waals surface area contributed by atoms with Gasteiger partial charge in [-0.1, -0.05) is 12.1 Å². The van der Waals surface area contributed by atoms with Gasteiger partial charge in [-0.25, -0.2) is 9.78 Å². The highest BCUT2D eigenvalue weighted by Gasteiger charge is 2.28. The van der Waals surface area contributed by atoms with Crippen LogP contribution in [-0.4, -0.2) is 34.2 Å². The smallest absolute Gasteiger partial charge is 0.410 e. The van der Waals surface area contributed by atoms with Crippen LogP contribution in [0, 0.1) is 0 Å². The molecule has 0 spiro atoms. The number of hydrogen-bond acceptors (Lipinski definition) is 3. The second-order valence-electron chi connectivity index (χ2n) is 6.26. The maximum absolute atomic E-state index is 12.2. The third kappa shape index (κ3) is 4.30. The van der Waals surface area contributed by atoms with E-state index in [-0.39, 0.29) is 12.1 Å². The van der Waals surface area contributed by atoms with Gasteiger partial charge in [0.2, 0.25) is 0 Å². The van der Waals surface area contributed by atoms with E-state index in [0.717, 1.165) is 16.7 Å². The fraction of sp³-hybridized carbons (Fsp3) is 0.500. The van der Waals surface area contributed by atoms with Crippen LogP contribution in [0.15, 0.2) is 28.9 Å². The van der Waals surface area contributed by atoms with Crippen molar-refractivity contribution in [3.8, 4) is 0 Å². The number of nitrogens with zero attached hydrogens (tertiary/aromatic N) is 2. The van der Waals surface area contributed by atoms with E-state index in [9.17, 15) is 4.79 Å². The lowest BCUT2D eigenvalue weighted by Crippen LogP contribution is -2.44. The topological polar surface area (TPSA) is 42.4 Å². The number of halogens is 1. The van der Waals surface area contributed by atoms with Crippen molar-refractivity contribution in [3.63, 3.8) is 0 Å². The Morgan fingerprint density at radius 3 is 2.71 bits per heavy atom. The number of carbonyl (C=O) groups excluding carboxylic acids is 1. The third-order valence-corrected chi connectivity index (χ3v) is 3.70. The highest BCUT2D eigenvalue weighted by Crippen LogP contribution is 2.27. The molecule has 1 unspecified atom stereocenters. The largest absolute Gasteiger partial charge is 0.444 e. The summed E-state index contributed by atoms with van der Waals surface area (Å²) < 4.78 is 6.26. The van der Waals surface area contributed by atoms with E-state index < -0.39 is 5.60 Å². The van der Waals surface area contributed by atoms with Gasteiger partial charge in [-0.3, -0.25) is 0 Å². The summed E-state index contributed by atoms with van der Waals surface area (Å²) >= 11 is 3.39. The molecule has 4 nitrogen and oxygen atoms in total. The number of amides is 1. The Bertz CT molecular complexity index is 564. The number of aromatic nitrogens is 1. The standard InChI is InChI=1S/C16H21BrN2O2/c1-11-10-12(13-6-5-7-14(17)18-13)8-9-19(11)15(20)21-16(2,3)4/h5-8,11H,9-10H2,1-4H3. The number of rotatable bonds is 1. The minimum absolute atomic E-state index is 0.0978. The van der Waals surface area contributed by atoms with Gasteiger partial charge in [0.15, 0.2) is 0 Å². The van der Waals surface area contributed by atoms with E-state index in [1.54, 1.807) is 4.90 Å². The molecule has 2 heterocycles. The summed E-state index contributed by atoms with van der Waals surface area (Å²) in [6.45, 7) is 8.24. The Morgan fingerprint density at radius 2 is 2.14 bits per heavy atom. The zero-order valence-electron chi connectivity index (χ0n) is 12.9. The van der Waals surface area contributed by atoms with Crippen LogP contribution < -0.4 is 0 Å². The van der Waals surface area contributed by atoms with Gasteiger partial charge in [-0.15, -0.1) is 0 Å². The first-order valence-electron chi connectivity index (χ1n) is 7.08. The average Bonchev–Trinajstić information content (AvgIpc) is 2.36. The van der Waals surface area contributed by atoms with Crippen molar-refractivity contribution in [2.24, 2.45) is 0 Å². The SMILES string of the molecule is CC1CC(c2cccc(Br)n2)=CCN1C(=O)OC(C)(C)C. The highest BCUT2D eigenvalue weighted by atomic mass is 79.9. The van der Waals surface area contributed by atoms with Gasteiger partial charge < -0.3 is 9.64 Å². The van der Waals surface area contributed by atoms with Crippen LogP contribution in [0.5, 0.6) is 0 Å². The van der Waals surface area contributed by atoms with Crippen LogP contribution in [0.2, 0.25) is 0 Å². The molecule has 114 valence electrons. The Morgan fingerprint density at radius 1 is 1.43 bits per heavy atom. The molecule has 21 heavy (non-hydrogen) atoms. The highest BCUT2D eigenvalue weighted by molar-refractivity contribution is 9.10. The molecule has 1 aromatic heterocycles. The Labute approximate surface area is 134 Å². The van der Waals surface area contributed by atoms with Crippen molar-refractivity contribution in [2.75, 3.05) is 6.54 Å². The summed E-state index contributed by atoms with van der Waals surface area (Å²) in [7, 11) is 0. The zero-order chi connectivity index (χ0) is 15.6. The molecule has 1 aliphatic heterocycles. The quantitative estimate of drug-likeness (QED) is 0.709.